The molecule has 1 aliphatic rings. The average Bonchev–Trinajstić information content (AvgIpc) is 2.56. The average molecular weight is 329 g/mol. The topological polar surface area (TPSA) is 45.7 Å². The lowest BCUT2D eigenvalue weighted by Crippen LogP contribution is -2.48. The molecule has 0 N–H and O–H groups in total. The third-order valence-corrected chi connectivity index (χ3v) is 3.49. The number of nitrogens with zero attached hydrogens (tertiary/aromatic N) is 3. The Morgan fingerprint density at radius 3 is 2.52 bits per heavy atom. The maximum absolute atomic E-state index is 12.6. The van der Waals surface area contributed by atoms with E-state index in [1.807, 2.05) is 23.1 Å². The van der Waals surface area contributed by atoms with Crippen molar-refractivity contribution in [1.82, 2.24) is 9.88 Å². The van der Waals surface area contributed by atoms with Gasteiger partial charge >= 0.3 is 12.0 Å². The van der Waals surface area contributed by atoms with Crippen LogP contribution in [0.4, 0.5) is 19.0 Å². The van der Waals surface area contributed by atoms with Crippen molar-refractivity contribution in [3.63, 3.8) is 0 Å². The number of aromatic nitrogens is 1. The molecule has 1 aromatic rings. The molecular formula is C15H18F3N3O2. The van der Waals surface area contributed by atoms with E-state index in [9.17, 15) is 18.0 Å². The smallest absolute Gasteiger partial charge is 0.320 e. The number of ether oxygens (including phenoxy) is 1. The molecule has 2 rings (SSSR count). The molecule has 0 aromatic carbocycles. The van der Waals surface area contributed by atoms with Crippen molar-refractivity contribution in [3.8, 4) is 0 Å². The number of carbonyl (C=O) groups excluding carboxylic acids is 1. The summed E-state index contributed by atoms with van der Waals surface area (Å²) in [6, 6.07) is 5.69. The highest BCUT2D eigenvalue weighted by molar-refractivity contribution is 5.71. The molecule has 2 heterocycles. The van der Waals surface area contributed by atoms with Crippen LogP contribution in [0.1, 0.15) is 6.42 Å². The second-order valence-electron chi connectivity index (χ2n) is 5.09. The third-order valence-electron chi connectivity index (χ3n) is 3.49. The quantitative estimate of drug-likeness (QED) is 0.749. The fraction of sp³-hybridized carbons (Fsp3) is 0.467. The van der Waals surface area contributed by atoms with Gasteiger partial charge < -0.3 is 9.64 Å². The molecule has 0 amide bonds. The van der Waals surface area contributed by atoms with Crippen LogP contribution in [0.5, 0.6) is 0 Å². The van der Waals surface area contributed by atoms with Crippen LogP contribution in [-0.4, -0.2) is 55.2 Å². The van der Waals surface area contributed by atoms with E-state index in [2.05, 4.69) is 9.88 Å². The maximum atomic E-state index is 12.6. The highest BCUT2D eigenvalue weighted by Gasteiger charge is 2.20. The first-order valence-electron chi connectivity index (χ1n) is 7.30. The zero-order chi connectivity index (χ0) is 16.7. The van der Waals surface area contributed by atoms with Gasteiger partial charge in [-0.15, -0.1) is 0 Å². The molecule has 126 valence electrons. The van der Waals surface area contributed by atoms with Gasteiger partial charge in [0.2, 0.25) is 0 Å². The number of piperazine rings is 1. The van der Waals surface area contributed by atoms with Crippen LogP contribution in [0.15, 0.2) is 36.3 Å². The zero-order valence-electron chi connectivity index (χ0n) is 12.6. The van der Waals surface area contributed by atoms with Gasteiger partial charge in [0.05, 0.1) is 13.2 Å². The number of carbonyl (C=O) groups is 1. The highest BCUT2D eigenvalue weighted by atomic mass is 19.3. The summed E-state index contributed by atoms with van der Waals surface area (Å²) in [5, 5.41) is 0. The number of rotatable bonds is 6. The van der Waals surface area contributed by atoms with Crippen LogP contribution in [-0.2, 0) is 9.53 Å². The Labute approximate surface area is 132 Å². The molecule has 0 unspecified atom stereocenters. The summed E-state index contributed by atoms with van der Waals surface area (Å²) in [6.07, 6.45) is -1.24. The van der Waals surface area contributed by atoms with Gasteiger partial charge in [-0.25, -0.2) is 9.37 Å². The van der Waals surface area contributed by atoms with E-state index in [1.165, 1.54) is 0 Å². The summed E-state index contributed by atoms with van der Waals surface area (Å²) in [5.74, 6) is -1.18. The lowest BCUT2D eigenvalue weighted by molar-refractivity contribution is -0.145. The van der Waals surface area contributed by atoms with Crippen LogP contribution in [0.3, 0.4) is 0 Å². The molecule has 0 radical (unpaired) electrons. The van der Waals surface area contributed by atoms with Crippen molar-refractivity contribution >= 4 is 11.8 Å². The van der Waals surface area contributed by atoms with Crippen LogP contribution in [0.25, 0.3) is 0 Å². The SMILES string of the molecule is O=C(CN1CCN(c2ccccn2)CC1)OCCC(F)=C(F)F. The molecule has 0 atom stereocenters. The Morgan fingerprint density at radius 1 is 1.17 bits per heavy atom. The molecule has 5 nitrogen and oxygen atoms in total. The van der Waals surface area contributed by atoms with E-state index in [0.29, 0.717) is 13.1 Å². The second kappa shape index (κ2) is 8.52. The van der Waals surface area contributed by atoms with Crippen LogP contribution in [0.2, 0.25) is 0 Å². The number of halogens is 3. The van der Waals surface area contributed by atoms with Crippen LogP contribution >= 0.6 is 0 Å². The Kier molecular flexibility index (Phi) is 6.40. The monoisotopic (exact) mass is 329 g/mol. The Hall–Kier alpha value is -2.09. The number of pyridine rings is 1. The first kappa shape index (κ1) is 17.3. The van der Waals surface area contributed by atoms with E-state index >= 15 is 0 Å². The Balaban J connectivity index is 1.68. The van der Waals surface area contributed by atoms with Crippen LogP contribution in [0, 0.1) is 0 Å². The van der Waals surface area contributed by atoms with Gasteiger partial charge in [0.1, 0.15) is 5.82 Å². The van der Waals surface area contributed by atoms with E-state index in [0.717, 1.165) is 18.9 Å². The summed E-state index contributed by atoms with van der Waals surface area (Å²) in [5.41, 5.74) is 0. The number of hydrogen-bond acceptors (Lipinski definition) is 5. The molecular weight excluding hydrogens is 311 g/mol. The van der Waals surface area contributed by atoms with Gasteiger partial charge in [0.25, 0.3) is 0 Å². The Bertz CT molecular complexity index is 542. The van der Waals surface area contributed by atoms with E-state index in [-0.39, 0.29) is 13.2 Å². The van der Waals surface area contributed by atoms with Gasteiger partial charge in [-0.05, 0) is 12.1 Å². The van der Waals surface area contributed by atoms with E-state index < -0.39 is 24.3 Å². The normalized spacial score (nSPS) is 15.3. The molecule has 1 aromatic heterocycles. The minimum absolute atomic E-state index is 0.0689. The van der Waals surface area contributed by atoms with Crippen molar-refractivity contribution in [3.05, 3.63) is 36.3 Å². The summed E-state index contributed by atoms with van der Waals surface area (Å²) < 4.78 is 41.0. The van der Waals surface area contributed by atoms with Crippen molar-refractivity contribution < 1.29 is 22.7 Å². The second-order valence-corrected chi connectivity index (χ2v) is 5.09. The fourth-order valence-corrected chi connectivity index (χ4v) is 2.25. The maximum Gasteiger partial charge on any atom is 0.320 e. The van der Waals surface area contributed by atoms with Gasteiger partial charge in [0.15, 0.2) is 5.83 Å². The predicted molar refractivity (Wildman–Crippen MR) is 78.8 cm³/mol. The molecule has 1 saturated heterocycles. The van der Waals surface area contributed by atoms with Crippen molar-refractivity contribution in [1.29, 1.82) is 0 Å². The lowest BCUT2D eigenvalue weighted by Gasteiger charge is -2.34. The first-order valence-corrected chi connectivity index (χ1v) is 7.30. The van der Waals surface area contributed by atoms with Gasteiger partial charge in [-0.2, -0.15) is 8.78 Å². The molecule has 0 saturated carbocycles. The number of esters is 1. The minimum atomic E-state index is -2.37. The van der Waals surface area contributed by atoms with Gasteiger partial charge in [-0.1, -0.05) is 6.07 Å². The van der Waals surface area contributed by atoms with Gasteiger partial charge in [0, 0.05) is 38.8 Å². The van der Waals surface area contributed by atoms with Crippen molar-refractivity contribution in [2.24, 2.45) is 0 Å². The number of hydrogen-bond donors (Lipinski definition) is 0. The molecule has 23 heavy (non-hydrogen) atoms. The summed E-state index contributed by atoms with van der Waals surface area (Å²) >= 11 is 0. The van der Waals surface area contributed by atoms with Crippen molar-refractivity contribution in [2.75, 3.05) is 44.2 Å². The molecule has 1 fully saturated rings. The molecule has 8 heteroatoms. The third kappa shape index (κ3) is 5.55. The zero-order valence-corrected chi connectivity index (χ0v) is 12.6. The predicted octanol–water partition coefficient (Wildman–Crippen LogP) is 2.21. The number of anilines is 1. The lowest BCUT2D eigenvalue weighted by atomic mass is 10.3. The Morgan fingerprint density at radius 2 is 1.91 bits per heavy atom. The van der Waals surface area contributed by atoms with Crippen LogP contribution < -0.4 is 4.90 Å². The molecule has 0 spiro atoms. The molecule has 1 aliphatic heterocycles. The minimum Gasteiger partial charge on any atom is -0.464 e. The largest absolute Gasteiger partial charge is 0.464 e. The fourth-order valence-electron chi connectivity index (χ4n) is 2.25. The standard InChI is InChI=1S/C15H18F3N3O2/c16-12(15(17)18)4-10-23-14(22)11-20-6-8-21(9-7-20)13-3-1-2-5-19-13/h1-3,5H,4,6-11H2. The van der Waals surface area contributed by atoms with Gasteiger partial charge in [-0.3, -0.25) is 9.69 Å². The summed E-state index contributed by atoms with van der Waals surface area (Å²) in [7, 11) is 0. The van der Waals surface area contributed by atoms with Crippen molar-refractivity contribution in [2.45, 2.75) is 6.42 Å². The van der Waals surface area contributed by atoms with E-state index in [1.54, 1.807) is 6.20 Å². The first-order chi connectivity index (χ1) is 11.1. The molecule has 0 aliphatic carbocycles. The highest BCUT2D eigenvalue weighted by Crippen LogP contribution is 2.14. The van der Waals surface area contributed by atoms with E-state index in [4.69, 9.17) is 4.74 Å². The summed E-state index contributed by atoms with van der Waals surface area (Å²) in [4.78, 5) is 19.9. The molecule has 0 bridgehead atoms. The summed E-state index contributed by atoms with van der Waals surface area (Å²) in [6.45, 7) is 2.48.